The molecule has 2 aromatic rings. The Morgan fingerprint density at radius 2 is 0.923 bits per heavy atom. The van der Waals surface area contributed by atoms with Gasteiger partial charge in [0.25, 0.3) is 22.7 Å². The molecule has 0 aromatic heterocycles. The van der Waals surface area contributed by atoms with E-state index in [4.69, 9.17) is 0 Å². The quantitative estimate of drug-likeness (QED) is 0.427. The van der Waals surface area contributed by atoms with Crippen LogP contribution in [0.4, 0.5) is 22.7 Å². The third kappa shape index (κ3) is 3.81. The van der Waals surface area contributed by atoms with Crippen LogP contribution in [-0.2, 0) is 0 Å². The summed E-state index contributed by atoms with van der Waals surface area (Å²) in [6, 6.07) is 5.90. The van der Waals surface area contributed by atoms with Gasteiger partial charge in [-0.2, -0.15) is 0 Å². The molecule has 0 aliphatic rings. The van der Waals surface area contributed by atoms with Gasteiger partial charge in [-0.1, -0.05) is 0 Å². The largest absolute Gasteiger partial charge is 0.283 e. The minimum atomic E-state index is -0.822. The summed E-state index contributed by atoms with van der Waals surface area (Å²) in [4.78, 5) is 40.3. The summed E-state index contributed by atoms with van der Waals surface area (Å²) in [6.07, 6.45) is 2.33. The maximum atomic E-state index is 11.1. The van der Waals surface area contributed by atoms with Gasteiger partial charge in [0.15, 0.2) is 0 Å². The van der Waals surface area contributed by atoms with E-state index < -0.39 is 42.4 Å². The number of benzene rings is 2. The molecule has 2 aromatic carbocycles. The topological polar surface area (TPSA) is 173 Å². The minimum Gasteiger partial charge on any atom is -0.258 e. The third-order valence-corrected chi connectivity index (χ3v) is 3.29. The van der Waals surface area contributed by atoms with Crippen molar-refractivity contribution in [3.8, 4) is 0 Å². The lowest BCUT2D eigenvalue weighted by Crippen LogP contribution is -1.96. The van der Waals surface area contributed by atoms with Gasteiger partial charge in [0.05, 0.1) is 43.0 Å². The molecule has 12 heteroatoms. The number of non-ortho nitro benzene ring substituents is 2. The summed E-state index contributed by atoms with van der Waals surface area (Å²) < 4.78 is 0. The lowest BCUT2D eigenvalue weighted by Gasteiger charge is -2.00. The zero-order valence-corrected chi connectivity index (χ0v) is 12.7. The first-order valence-electron chi connectivity index (χ1n) is 6.74. The number of rotatable bonds is 6. The van der Waals surface area contributed by atoms with Gasteiger partial charge in [0.2, 0.25) is 0 Å². The Labute approximate surface area is 143 Å². The minimum absolute atomic E-state index is 0.0201. The van der Waals surface area contributed by atoms with Crippen LogP contribution in [0.25, 0.3) is 12.2 Å². The lowest BCUT2D eigenvalue weighted by atomic mass is 10.1. The van der Waals surface area contributed by atoms with Crippen LogP contribution in [0.1, 0.15) is 11.1 Å². The lowest BCUT2D eigenvalue weighted by molar-refractivity contribution is -0.394. The second-order valence-corrected chi connectivity index (χ2v) is 4.85. The SMILES string of the molecule is O=[N+]([O-])c1ccc(C=Cc2ccc([N+](=O)[O-])cc2[N+](=O)[O-])c([N+](=O)[O-])c1. The van der Waals surface area contributed by atoms with Crippen LogP contribution in [0.3, 0.4) is 0 Å². The van der Waals surface area contributed by atoms with Crippen LogP contribution in [0.2, 0.25) is 0 Å². The summed E-state index contributed by atoms with van der Waals surface area (Å²) in [5, 5.41) is 43.6. The summed E-state index contributed by atoms with van der Waals surface area (Å²) in [6.45, 7) is 0. The van der Waals surface area contributed by atoms with Crippen LogP contribution >= 0.6 is 0 Å². The highest BCUT2D eigenvalue weighted by atomic mass is 16.6. The molecule has 12 nitrogen and oxygen atoms in total. The molecule has 0 N–H and O–H groups in total. The van der Waals surface area contributed by atoms with Crippen LogP contribution in [0.5, 0.6) is 0 Å². The van der Waals surface area contributed by atoms with Crippen molar-refractivity contribution in [3.63, 3.8) is 0 Å². The molecular formula is C14H8N4O8. The van der Waals surface area contributed by atoms with Crippen molar-refractivity contribution in [3.05, 3.63) is 88.0 Å². The second-order valence-electron chi connectivity index (χ2n) is 4.85. The van der Waals surface area contributed by atoms with Crippen molar-refractivity contribution in [2.75, 3.05) is 0 Å². The normalized spacial score (nSPS) is 10.6. The van der Waals surface area contributed by atoms with Gasteiger partial charge in [0.1, 0.15) is 0 Å². The smallest absolute Gasteiger partial charge is 0.258 e. The van der Waals surface area contributed by atoms with E-state index in [0.29, 0.717) is 0 Å². The highest BCUT2D eigenvalue weighted by Gasteiger charge is 2.20. The fourth-order valence-corrected chi connectivity index (χ4v) is 2.07. The molecule has 0 bridgehead atoms. The molecule has 0 saturated carbocycles. The fourth-order valence-electron chi connectivity index (χ4n) is 2.07. The number of hydrogen-bond acceptors (Lipinski definition) is 8. The van der Waals surface area contributed by atoms with Gasteiger partial charge in [0, 0.05) is 12.1 Å². The standard InChI is InChI=1S/C14H8N4O8/c19-15(20)11-5-3-9(13(7-11)17(23)24)1-2-10-4-6-12(16(21)22)8-14(10)18(25)26/h1-8H. The van der Waals surface area contributed by atoms with E-state index in [1.807, 2.05) is 0 Å². The van der Waals surface area contributed by atoms with Crippen LogP contribution < -0.4 is 0 Å². The molecule has 0 radical (unpaired) electrons. The fraction of sp³-hybridized carbons (Fsp3) is 0. The monoisotopic (exact) mass is 360 g/mol. The number of hydrogen-bond donors (Lipinski definition) is 0. The molecule has 0 fully saturated rings. The maximum absolute atomic E-state index is 11.1. The van der Waals surface area contributed by atoms with E-state index in [1.54, 1.807) is 0 Å². The van der Waals surface area contributed by atoms with Gasteiger partial charge in [-0.25, -0.2) is 0 Å². The Morgan fingerprint density at radius 1 is 0.577 bits per heavy atom. The van der Waals surface area contributed by atoms with Gasteiger partial charge in [-0.3, -0.25) is 40.5 Å². The Bertz CT molecular complexity index is 892. The molecule has 0 aliphatic heterocycles. The molecule has 0 heterocycles. The summed E-state index contributed by atoms with van der Waals surface area (Å²) >= 11 is 0. The van der Waals surface area contributed by atoms with E-state index >= 15 is 0 Å². The first kappa shape index (κ1) is 18.1. The summed E-state index contributed by atoms with van der Waals surface area (Å²) in [5.74, 6) is 0. The molecule has 26 heavy (non-hydrogen) atoms. The molecular weight excluding hydrogens is 352 g/mol. The first-order valence-corrected chi connectivity index (χ1v) is 6.74. The number of nitro benzene ring substituents is 4. The average Bonchev–Trinajstić information content (AvgIpc) is 2.59. The summed E-state index contributed by atoms with van der Waals surface area (Å²) in [5.41, 5.74) is -2.10. The van der Waals surface area contributed by atoms with Crippen molar-refractivity contribution < 1.29 is 19.7 Å². The number of nitrogens with zero attached hydrogens (tertiary/aromatic N) is 4. The Morgan fingerprint density at radius 3 is 1.19 bits per heavy atom. The highest BCUT2D eigenvalue weighted by Crippen LogP contribution is 2.29. The molecule has 0 unspecified atom stereocenters. The molecule has 0 saturated heterocycles. The van der Waals surface area contributed by atoms with E-state index in [-0.39, 0.29) is 11.1 Å². The predicted molar refractivity (Wildman–Crippen MR) is 88.4 cm³/mol. The van der Waals surface area contributed by atoms with Crippen molar-refractivity contribution in [2.24, 2.45) is 0 Å². The Kier molecular flexibility index (Phi) is 4.97. The number of nitro groups is 4. The highest BCUT2D eigenvalue weighted by molar-refractivity contribution is 5.78. The molecule has 0 amide bonds. The van der Waals surface area contributed by atoms with Crippen LogP contribution in [0.15, 0.2) is 36.4 Å². The van der Waals surface area contributed by atoms with Crippen molar-refractivity contribution >= 4 is 34.9 Å². The van der Waals surface area contributed by atoms with Gasteiger partial charge >= 0.3 is 0 Å². The van der Waals surface area contributed by atoms with E-state index in [1.165, 1.54) is 0 Å². The van der Waals surface area contributed by atoms with Crippen LogP contribution in [0, 0.1) is 40.5 Å². The third-order valence-electron chi connectivity index (χ3n) is 3.29. The van der Waals surface area contributed by atoms with E-state index in [0.717, 1.165) is 48.6 Å². The van der Waals surface area contributed by atoms with Crippen molar-refractivity contribution in [1.82, 2.24) is 0 Å². The molecule has 132 valence electrons. The molecule has 0 spiro atoms. The van der Waals surface area contributed by atoms with Gasteiger partial charge in [-0.05, 0) is 24.3 Å². The predicted octanol–water partition coefficient (Wildman–Crippen LogP) is 3.49. The Hall–Kier alpha value is -4.22. The molecule has 0 atom stereocenters. The van der Waals surface area contributed by atoms with E-state index in [2.05, 4.69) is 0 Å². The zero-order valence-electron chi connectivity index (χ0n) is 12.7. The van der Waals surface area contributed by atoms with Crippen molar-refractivity contribution in [2.45, 2.75) is 0 Å². The van der Waals surface area contributed by atoms with Gasteiger partial charge < -0.3 is 0 Å². The second kappa shape index (κ2) is 7.12. The van der Waals surface area contributed by atoms with E-state index in [9.17, 15) is 40.5 Å². The van der Waals surface area contributed by atoms with Gasteiger partial charge in [-0.15, -0.1) is 0 Å². The zero-order chi connectivity index (χ0) is 19.4. The Balaban J connectivity index is 2.50. The van der Waals surface area contributed by atoms with Crippen LogP contribution in [-0.4, -0.2) is 19.7 Å². The molecule has 2 rings (SSSR count). The summed E-state index contributed by atoms with van der Waals surface area (Å²) in [7, 11) is 0. The first-order chi connectivity index (χ1) is 12.2. The van der Waals surface area contributed by atoms with Crippen molar-refractivity contribution in [1.29, 1.82) is 0 Å². The molecule has 0 aliphatic carbocycles. The average molecular weight is 360 g/mol. The maximum Gasteiger partial charge on any atom is 0.283 e.